The highest BCUT2D eigenvalue weighted by molar-refractivity contribution is 7.61. The van der Waals surface area contributed by atoms with Crippen molar-refractivity contribution in [2.24, 2.45) is 0 Å². The standard InChI is InChI=1S/C10H22O9P2/c1-2-3-4-5-6-7-8-17-21(16,18-10(12)9-11)19-20(13,14)15/h11H,2-9H2,1H3,(H2,13,14,15). The Morgan fingerprint density at radius 3 is 2.14 bits per heavy atom. The first-order valence-corrected chi connectivity index (χ1v) is 9.56. The fourth-order valence-corrected chi connectivity index (χ4v) is 3.49. The molecule has 0 aliphatic rings. The van der Waals surface area contributed by atoms with Crippen molar-refractivity contribution >= 4 is 21.6 Å². The van der Waals surface area contributed by atoms with Gasteiger partial charge in [0.1, 0.15) is 6.61 Å². The first kappa shape index (κ1) is 20.7. The number of hydrogen-bond acceptors (Lipinski definition) is 7. The van der Waals surface area contributed by atoms with Gasteiger partial charge in [-0.05, 0) is 6.42 Å². The summed E-state index contributed by atoms with van der Waals surface area (Å²) < 4.78 is 35.2. The molecule has 126 valence electrons. The van der Waals surface area contributed by atoms with E-state index < -0.39 is 28.2 Å². The van der Waals surface area contributed by atoms with Crippen molar-refractivity contribution in [3.8, 4) is 0 Å². The monoisotopic (exact) mass is 348 g/mol. The van der Waals surface area contributed by atoms with Crippen LogP contribution in [0.5, 0.6) is 0 Å². The van der Waals surface area contributed by atoms with E-state index in [1.165, 1.54) is 0 Å². The molecular weight excluding hydrogens is 326 g/mol. The molecule has 0 heterocycles. The van der Waals surface area contributed by atoms with Gasteiger partial charge < -0.3 is 19.4 Å². The number of hydrogen-bond donors (Lipinski definition) is 3. The van der Waals surface area contributed by atoms with Crippen molar-refractivity contribution < 1.29 is 42.2 Å². The van der Waals surface area contributed by atoms with Gasteiger partial charge in [-0.2, -0.15) is 4.31 Å². The van der Waals surface area contributed by atoms with Crippen LogP contribution in [0.2, 0.25) is 0 Å². The highest BCUT2D eigenvalue weighted by Crippen LogP contribution is 2.61. The van der Waals surface area contributed by atoms with Crippen LogP contribution in [0.4, 0.5) is 0 Å². The molecule has 0 saturated carbocycles. The van der Waals surface area contributed by atoms with E-state index in [4.69, 9.17) is 14.9 Å². The van der Waals surface area contributed by atoms with Crippen molar-refractivity contribution in [3.63, 3.8) is 0 Å². The van der Waals surface area contributed by atoms with Crippen LogP contribution in [0.25, 0.3) is 0 Å². The molecule has 0 spiro atoms. The Hall–Kier alpha value is -0.270. The Bertz CT molecular complexity index is 392. The van der Waals surface area contributed by atoms with Gasteiger partial charge in [0.25, 0.3) is 0 Å². The lowest BCUT2D eigenvalue weighted by Crippen LogP contribution is -2.10. The molecule has 1 atom stereocenters. The zero-order chi connectivity index (χ0) is 16.4. The average molecular weight is 348 g/mol. The summed E-state index contributed by atoms with van der Waals surface area (Å²) in [6, 6.07) is 0. The van der Waals surface area contributed by atoms with E-state index in [2.05, 4.69) is 20.3 Å². The number of unbranched alkanes of at least 4 members (excludes halogenated alkanes) is 5. The second kappa shape index (κ2) is 10.5. The third-order valence-corrected chi connectivity index (χ3v) is 4.87. The van der Waals surface area contributed by atoms with E-state index in [0.717, 1.165) is 32.1 Å². The highest BCUT2D eigenvalue weighted by Gasteiger charge is 2.38. The molecule has 0 aromatic rings. The highest BCUT2D eigenvalue weighted by atomic mass is 31.3. The summed E-state index contributed by atoms with van der Waals surface area (Å²) in [6.45, 7) is 0.811. The lowest BCUT2D eigenvalue weighted by Gasteiger charge is -2.17. The van der Waals surface area contributed by atoms with Crippen molar-refractivity contribution in [1.82, 2.24) is 0 Å². The van der Waals surface area contributed by atoms with E-state index in [1.807, 2.05) is 0 Å². The zero-order valence-electron chi connectivity index (χ0n) is 11.8. The molecule has 0 aromatic heterocycles. The Labute approximate surface area is 123 Å². The Balaban J connectivity index is 4.26. The van der Waals surface area contributed by atoms with Crippen LogP contribution >= 0.6 is 15.6 Å². The number of rotatable bonds is 12. The van der Waals surface area contributed by atoms with E-state index >= 15 is 0 Å². The molecule has 0 fully saturated rings. The number of aliphatic hydroxyl groups excluding tert-OH is 1. The minimum Gasteiger partial charge on any atom is -0.385 e. The van der Waals surface area contributed by atoms with Crippen LogP contribution in [0.15, 0.2) is 0 Å². The van der Waals surface area contributed by atoms with Gasteiger partial charge in [0.15, 0.2) is 0 Å². The summed E-state index contributed by atoms with van der Waals surface area (Å²) in [6.07, 6.45) is 5.43. The Morgan fingerprint density at radius 2 is 1.62 bits per heavy atom. The van der Waals surface area contributed by atoms with Crippen LogP contribution < -0.4 is 0 Å². The predicted molar refractivity (Wildman–Crippen MR) is 73.2 cm³/mol. The maximum Gasteiger partial charge on any atom is 0.541 e. The summed E-state index contributed by atoms with van der Waals surface area (Å²) in [5.74, 6) is -1.37. The normalized spacial score (nSPS) is 14.7. The van der Waals surface area contributed by atoms with E-state index in [-0.39, 0.29) is 6.61 Å². The number of carbonyl (C=O) groups is 1. The number of phosphoric acid groups is 2. The second-order valence-electron chi connectivity index (χ2n) is 4.24. The second-order valence-corrected chi connectivity index (χ2v) is 7.21. The van der Waals surface area contributed by atoms with E-state index in [9.17, 15) is 13.9 Å². The molecule has 0 saturated heterocycles. The number of aliphatic hydroxyl groups is 1. The van der Waals surface area contributed by atoms with E-state index in [0.29, 0.717) is 6.42 Å². The first-order chi connectivity index (χ1) is 9.72. The topological polar surface area (TPSA) is 140 Å². The van der Waals surface area contributed by atoms with Crippen LogP contribution in [-0.2, 0) is 27.3 Å². The molecule has 0 aromatic carbocycles. The lowest BCUT2D eigenvalue weighted by molar-refractivity contribution is -0.139. The molecule has 3 N–H and O–H groups in total. The molecule has 0 amide bonds. The quantitative estimate of drug-likeness (QED) is 0.357. The molecule has 11 heteroatoms. The molecule has 9 nitrogen and oxygen atoms in total. The molecule has 1 unspecified atom stereocenters. The zero-order valence-corrected chi connectivity index (χ0v) is 13.6. The van der Waals surface area contributed by atoms with Gasteiger partial charge in [-0.15, -0.1) is 0 Å². The molecular formula is C10H22O9P2. The summed E-state index contributed by atoms with van der Waals surface area (Å²) in [5, 5.41) is 8.49. The molecule has 0 aliphatic heterocycles. The van der Waals surface area contributed by atoms with Gasteiger partial charge in [0.05, 0.1) is 6.61 Å². The lowest BCUT2D eigenvalue weighted by atomic mass is 10.1. The van der Waals surface area contributed by atoms with Crippen LogP contribution in [-0.4, -0.2) is 34.1 Å². The molecule has 0 bridgehead atoms. The van der Waals surface area contributed by atoms with Crippen molar-refractivity contribution in [1.29, 1.82) is 0 Å². The summed E-state index contributed by atoms with van der Waals surface area (Å²) in [5.41, 5.74) is 0. The van der Waals surface area contributed by atoms with Gasteiger partial charge in [-0.25, -0.2) is 13.9 Å². The van der Waals surface area contributed by atoms with Gasteiger partial charge in [0.2, 0.25) is 0 Å². The van der Waals surface area contributed by atoms with E-state index in [1.54, 1.807) is 0 Å². The fraction of sp³-hybridized carbons (Fsp3) is 0.900. The van der Waals surface area contributed by atoms with Crippen molar-refractivity contribution in [2.45, 2.75) is 45.4 Å². The fourth-order valence-electron chi connectivity index (χ4n) is 1.41. The number of phosphoric ester groups is 1. The largest absolute Gasteiger partial charge is 0.541 e. The molecule has 0 rings (SSSR count). The Kier molecular flexibility index (Phi) is 10.3. The Morgan fingerprint density at radius 1 is 1.05 bits per heavy atom. The third-order valence-electron chi connectivity index (χ3n) is 2.30. The molecule has 21 heavy (non-hydrogen) atoms. The van der Waals surface area contributed by atoms with Gasteiger partial charge >= 0.3 is 21.6 Å². The minimum absolute atomic E-state index is 0.151. The average Bonchev–Trinajstić information content (AvgIpc) is 2.35. The maximum atomic E-state index is 11.8. The van der Waals surface area contributed by atoms with Crippen LogP contribution in [0.1, 0.15) is 45.4 Å². The van der Waals surface area contributed by atoms with Gasteiger partial charge in [-0.3, -0.25) is 4.52 Å². The summed E-state index contributed by atoms with van der Waals surface area (Å²) >= 11 is 0. The SMILES string of the molecule is CCCCCCCCOP(=O)(OC(=O)CO)OP(=O)(O)O. The molecule has 0 aliphatic carbocycles. The summed E-state index contributed by atoms with van der Waals surface area (Å²) in [7, 11) is -9.92. The predicted octanol–water partition coefficient (Wildman–Crippen LogP) is 2.12. The number of carbonyl (C=O) groups excluding carboxylic acids is 1. The summed E-state index contributed by atoms with van der Waals surface area (Å²) in [4.78, 5) is 28.1. The smallest absolute Gasteiger partial charge is 0.385 e. The van der Waals surface area contributed by atoms with Crippen LogP contribution in [0, 0.1) is 0 Å². The third kappa shape index (κ3) is 12.0. The molecule has 0 radical (unpaired) electrons. The maximum absolute atomic E-state index is 11.8. The minimum atomic E-state index is -5.17. The van der Waals surface area contributed by atoms with Gasteiger partial charge in [-0.1, -0.05) is 39.0 Å². The van der Waals surface area contributed by atoms with Gasteiger partial charge in [0, 0.05) is 0 Å². The van der Waals surface area contributed by atoms with Crippen molar-refractivity contribution in [3.05, 3.63) is 0 Å². The van der Waals surface area contributed by atoms with Crippen molar-refractivity contribution in [2.75, 3.05) is 13.2 Å². The first-order valence-electron chi connectivity index (χ1n) is 6.57. The van der Waals surface area contributed by atoms with Crippen LogP contribution in [0.3, 0.4) is 0 Å².